The zero-order valence-electron chi connectivity index (χ0n) is 15.9. The number of carbonyl (C=O) groups excluding carboxylic acids is 3. The number of para-hydroxylation sites is 1. The summed E-state index contributed by atoms with van der Waals surface area (Å²) >= 11 is 0. The number of rotatable bonds is 3. The number of amides is 3. The number of aromatic amines is 1. The van der Waals surface area contributed by atoms with E-state index in [2.05, 4.69) is 23.3 Å². The maximum absolute atomic E-state index is 12.8. The zero-order chi connectivity index (χ0) is 20.0. The summed E-state index contributed by atoms with van der Waals surface area (Å²) in [4.78, 5) is 43.9. The van der Waals surface area contributed by atoms with Gasteiger partial charge in [0.25, 0.3) is 11.8 Å². The van der Waals surface area contributed by atoms with Crippen molar-refractivity contribution >= 4 is 28.6 Å². The SMILES string of the molecule is O=C(CN1C(=O)c2ccccc2C1=O)N1CCC(c2c[nH]c3ccccc23)CC1. The van der Waals surface area contributed by atoms with Gasteiger partial charge in [0.1, 0.15) is 6.54 Å². The first-order valence-electron chi connectivity index (χ1n) is 9.92. The van der Waals surface area contributed by atoms with Crippen LogP contribution < -0.4 is 0 Å². The molecule has 6 nitrogen and oxygen atoms in total. The van der Waals surface area contributed by atoms with Crippen molar-refractivity contribution in [2.45, 2.75) is 18.8 Å². The lowest BCUT2D eigenvalue weighted by atomic mass is 9.89. The molecule has 2 aliphatic heterocycles. The van der Waals surface area contributed by atoms with Gasteiger partial charge >= 0.3 is 0 Å². The molecule has 3 heterocycles. The molecular formula is C23H21N3O3. The van der Waals surface area contributed by atoms with Crippen LogP contribution in [0.3, 0.4) is 0 Å². The first-order chi connectivity index (χ1) is 14.1. The Morgan fingerprint density at radius 1 is 0.931 bits per heavy atom. The quantitative estimate of drug-likeness (QED) is 0.702. The van der Waals surface area contributed by atoms with Crippen LogP contribution in [0.5, 0.6) is 0 Å². The van der Waals surface area contributed by atoms with Gasteiger partial charge in [-0.25, -0.2) is 0 Å². The lowest BCUT2D eigenvalue weighted by Crippen LogP contribution is -2.45. The minimum absolute atomic E-state index is 0.170. The third-order valence-corrected chi connectivity index (χ3v) is 6.08. The summed E-state index contributed by atoms with van der Waals surface area (Å²) in [6.45, 7) is 1.07. The van der Waals surface area contributed by atoms with Crippen LogP contribution in [-0.4, -0.2) is 52.1 Å². The number of imide groups is 1. The summed E-state index contributed by atoms with van der Waals surface area (Å²) in [5.74, 6) is -0.536. The molecule has 1 N–H and O–H groups in total. The Labute approximate surface area is 168 Å². The molecule has 29 heavy (non-hydrogen) atoms. The molecular weight excluding hydrogens is 366 g/mol. The van der Waals surface area contributed by atoms with Gasteiger partial charge in [-0.2, -0.15) is 0 Å². The molecule has 2 aromatic carbocycles. The summed E-state index contributed by atoms with van der Waals surface area (Å²) in [7, 11) is 0. The monoisotopic (exact) mass is 387 g/mol. The van der Waals surface area contributed by atoms with Crippen molar-refractivity contribution < 1.29 is 14.4 Å². The van der Waals surface area contributed by atoms with Crippen molar-refractivity contribution in [2.75, 3.05) is 19.6 Å². The van der Waals surface area contributed by atoms with E-state index >= 15 is 0 Å². The lowest BCUT2D eigenvalue weighted by Gasteiger charge is -2.32. The highest BCUT2D eigenvalue weighted by atomic mass is 16.2. The van der Waals surface area contributed by atoms with Gasteiger partial charge in [0.05, 0.1) is 11.1 Å². The highest BCUT2D eigenvalue weighted by Crippen LogP contribution is 2.33. The molecule has 1 aromatic heterocycles. The molecule has 0 saturated carbocycles. The van der Waals surface area contributed by atoms with E-state index in [1.165, 1.54) is 10.9 Å². The van der Waals surface area contributed by atoms with Crippen LogP contribution in [0.1, 0.15) is 45.0 Å². The average molecular weight is 387 g/mol. The van der Waals surface area contributed by atoms with Gasteiger partial charge in [-0.05, 0) is 42.5 Å². The second kappa shape index (κ2) is 6.88. The van der Waals surface area contributed by atoms with E-state index in [1.807, 2.05) is 12.1 Å². The van der Waals surface area contributed by atoms with Crippen molar-refractivity contribution in [3.8, 4) is 0 Å². The molecule has 0 atom stereocenters. The summed E-state index contributed by atoms with van der Waals surface area (Å²) in [5.41, 5.74) is 3.19. The normalized spacial score (nSPS) is 17.2. The molecule has 146 valence electrons. The van der Waals surface area contributed by atoms with E-state index < -0.39 is 0 Å². The maximum atomic E-state index is 12.8. The number of aromatic nitrogens is 1. The molecule has 1 saturated heterocycles. The number of nitrogens with one attached hydrogen (secondary N) is 1. The Bertz CT molecular complexity index is 1090. The number of hydrogen-bond acceptors (Lipinski definition) is 3. The minimum atomic E-state index is -0.382. The van der Waals surface area contributed by atoms with Crippen molar-refractivity contribution in [2.24, 2.45) is 0 Å². The molecule has 0 aliphatic carbocycles. The highest BCUT2D eigenvalue weighted by Gasteiger charge is 2.37. The second-order valence-corrected chi connectivity index (χ2v) is 7.69. The fraction of sp³-hybridized carbons (Fsp3) is 0.261. The van der Waals surface area contributed by atoms with Gasteiger partial charge in [-0.15, -0.1) is 0 Å². The predicted molar refractivity (Wildman–Crippen MR) is 109 cm³/mol. The average Bonchev–Trinajstić information content (AvgIpc) is 3.29. The van der Waals surface area contributed by atoms with Gasteiger partial charge < -0.3 is 9.88 Å². The summed E-state index contributed by atoms with van der Waals surface area (Å²) < 4.78 is 0. The maximum Gasteiger partial charge on any atom is 0.262 e. The molecule has 0 spiro atoms. The van der Waals surface area contributed by atoms with Crippen molar-refractivity contribution in [1.82, 2.24) is 14.8 Å². The van der Waals surface area contributed by atoms with E-state index in [9.17, 15) is 14.4 Å². The number of benzene rings is 2. The van der Waals surface area contributed by atoms with Gasteiger partial charge in [-0.3, -0.25) is 19.3 Å². The molecule has 0 radical (unpaired) electrons. The first kappa shape index (κ1) is 17.7. The van der Waals surface area contributed by atoms with Crippen LogP contribution >= 0.6 is 0 Å². The number of hydrogen-bond donors (Lipinski definition) is 1. The summed E-state index contributed by atoms with van der Waals surface area (Å²) in [5, 5.41) is 1.24. The van der Waals surface area contributed by atoms with Crippen LogP contribution in [0.4, 0.5) is 0 Å². The van der Waals surface area contributed by atoms with Crippen molar-refractivity contribution in [3.63, 3.8) is 0 Å². The van der Waals surface area contributed by atoms with E-state index in [0.717, 1.165) is 23.3 Å². The number of fused-ring (bicyclic) bond motifs is 2. The molecule has 3 aromatic rings. The number of nitrogens with zero attached hydrogens (tertiary/aromatic N) is 2. The Morgan fingerprint density at radius 3 is 2.24 bits per heavy atom. The second-order valence-electron chi connectivity index (χ2n) is 7.69. The minimum Gasteiger partial charge on any atom is -0.361 e. The smallest absolute Gasteiger partial charge is 0.262 e. The predicted octanol–water partition coefficient (Wildman–Crippen LogP) is 3.17. The Morgan fingerprint density at radius 2 is 1.55 bits per heavy atom. The Kier molecular flexibility index (Phi) is 4.19. The standard InChI is InChI=1S/C23H21N3O3/c27-21(14-26-22(28)17-6-1-2-7-18(17)23(26)29)25-11-9-15(10-12-25)19-13-24-20-8-4-3-5-16(19)20/h1-8,13,15,24H,9-12,14H2. The third kappa shape index (κ3) is 2.92. The fourth-order valence-electron chi connectivity index (χ4n) is 4.49. The van der Waals surface area contributed by atoms with E-state index in [0.29, 0.717) is 30.1 Å². The van der Waals surface area contributed by atoms with Gasteiger partial charge in [0.2, 0.25) is 5.91 Å². The third-order valence-electron chi connectivity index (χ3n) is 6.08. The molecule has 6 heteroatoms. The van der Waals surface area contributed by atoms with Crippen molar-refractivity contribution in [1.29, 1.82) is 0 Å². The molecule has 5 rings (SSSR count). The van der Waals surface area contributed by atoms with Crippen LogP contribution in [0.25, 0.3) is 10.9 Å². The van der Waals surface area contributed by atoms with Gasteiger partial charge in [0, 0.05) is 30.2 Å². The summed E-state index contributed by atoms with van der Waals surface area (Å²) in [6.07, 6.45) is 3.82. The lowest BCUT2D eigenvalue weighted by molar-refractivity contribution is -0.132. The van der Waals surface area contributed by atoms with E-state index in [4.69, 9.17) is 0 Å². The number of H-pyrrole nitrogens is 1. The van der Waals surface area contributed by atoms with Crippen LogP contribution in [0.2, 0.25) is 0 Å². The van der Waals surface area contributed by atoms with Crippen LogP contribution in [-0.2, 0) is 4.79 Å². The molecule has 0 bridgehead atoms. The van der Waals surface area contributed by atoms with Crippen molar-refractivity contribution in [3.05, 3.63) is 71.4 Å². The molecule has 2 aliphatic rings. The molecule has 1 fully saturated rings. The van der Waals surface area contributed by atoms with Crippen LogP contribution in [0.15, 0.2) is 54.7 Å². The number of carbonyl (C=O) groups is 3. The summed E-state index contributed by atoms with van der Waals surface area (Å²) in [6, 6.07) is 15.0. The number of likely N-dealkylation sites (tertiary alicyclic amines) is 1. The first-order valence-corrected chi connectivity index (χ1v) is 9.92. The zero-order valence-corrected chi connectivity index (χ0v) is 15.9. The fourth-order valence-corrected chi connectivity index (χ4v) is 4.49. The Hall–Kier alpha value is -3.41. The Balaban J connectivity index is 1.24. The van der Waals surface area contributed by atoms with Gasteiger partial charge in [0.15, 0.2) is 0 Å². The van der Waals surface area contributed by atoms with Gasteiger partial charge in [-0.1, -0.05) is 30.3 Å². The largest absolute Gasteiger partial charge is 0.361 e. The molecule has 0 unspecified atom stereocenters. The van der Waals surface area contributed by atoms with E-state index in [-0.39, 0.29) is 24.3 Å². The van der Waals surface area contributed by atoms with Crippen LogP contribution in [0, 0.1) is 0 Å². The van der Waals surface area contributed by atoms with E-state index in [1.54, 1.807) is 29.2 Å². The number of piperidine rings is 1. The molecule has 3 amide bonds. The highest BCUT2D eigenvalue weighted by molar-refractivity contribution is 6.22. The topological polar surface area (TPSA) is 73.5 Å².